The first-order valence-electron chi connectivity index (χ1n) is 5.88. The van der Waals surface area contributed by atoms with Crippen LogP contribution in [0.1, 0.15) is 26.8 Å². The van der Waals surface area contributed by atoms with Gasteiger partial charge in [-0.25, -0.2) is 4.79 Å². The third-order valence-corrected chi connectivity index (χ3v) is 3.58. The molecule has 2 aromatic heterocycles. The standard InChI is InChI=1S/C14H13NO4S/c1-9-6-7-20-12(9)4-5-13(16)15-8-10-2-3-11(19-10)14(17)18/h2-7H,8H2,1H3,(H,15,16)(H,17,18)/b5-4+. The van der Waals surface area contributed by atoms with Gasteiger partial charge in [0, 0.05) is 11.0 Å². The normalized spacial score (nSPS) is 10.8. The van der Waals surface area contributed by atoms with Crippen molar-refractivity contribution in [2.24, 2.45) is 0 Å². The van der Waals surface area contributed by atoms with E-state index in [4.69, 9.17) is 9.52 Å². The minimum absolute atomic E-state index is 0.140. The number of carboxylic acids is 1. The highest BCUT2D eigenvalue weighted by atomic mass is 32.1. The lowest BCUT2D eigenvalue weighted by molar-refractivity contribution is -0.116. The van der Waals surface area contributed by atoms with Gasteiger partial charge in [0.25, 0.3) is 0 Å². The van der Waals surface area contributed by atoms with Gasteiger partial charge in [0.2, 0.25) is 11.7 Å². The zero-order chi connectivity index (χ0) is 14.5. The summed E-state index contributed by atoms with van der Waals surface area (Å²) in [7, 11) is 0. The summed E-state index contributed by atoms with van der Waals surface area (Å²) < 4.78 is 5.03. The van der Waals surface area contributed by atoms with E-state index in [2.05, 4.69) is 5.32 Å². The van der Waals surface area contributed by atoms with Gasteiger partial charge < -0.3 is 14.8 Å². The van der Waals surface area contributed by atoms with Crippen molar-refractivity contribution in [1.29, 1.82) is 0 Å². The fourth-order valence-corrected chi connectivity index (χ4v) is 2.35. The summed E-state index contributed by atoms with van der Waals surface area (Å²) in [5, 5.41) is 13.3. The fraction of sp³-hybridized carbons (Fsp3) is 0.143. The molecule has 0 bridgehead atoms. The average Bonchev–Trinajstić information content (AvgIpc) is 3.03. The van der Waals surface area contributed by atoms with Crippen LogP contribution < -0.4 is 5.32 Å². The molecule has 20 heavy (non-hydrogen) atoms. The Morgan fingerprint density at radius 3 is 2.80 bits per heavy atom. The molecular formula is C14H13NO4S. The second-order valence-electron chi connectivity index (χ2n) is 4.09. The summed E-state index contributed by atoms with van der Waals surface area (Å²) in [5.41, 5.74) is 1.12. The average molecular weight is 291 g/mol. The van der Waals surface area contributed by atoms with Gasteiger partial charge in [-0.3, -0.25) is 4.79 Å². The number of carboxylic acid groups (broad SMARTS) is 1. The molecule has 0 unspecified atom stereocenters. The van der Waals surface area contributed by atoms with E-state index in [1.54, 1.807) is 17.4 Å². The minimum atomic E-state index is -1.13. The van der Waals surface area contributed by atoms with Crippen LogP contribution in [0.3, 0.4) is 0 Å². The summed E-state index contributed by atoms with van der Waals surface area (Å²) in [6, 6.07) is 4.87. The van der Waals surface area contributed by atoms with Gasteiger partial charge >= 0.3 is 5.97 Å². The van der Waals surface area contributed by atoms with E-state index < -0.39 is 5.97 Å². The topological polar surface area (TPSA) is 79.5 Å². The predicted molar refractivity (Wildman–Crippen MR) is 75.6 cm³/mol. The Bertz CT molecular complexity index is 654. The van der Waals surface area contributed by atoms with Crippen LogP contribution in [0.2, 0.25) is 0 Å². The van der Waals surface area contributed by atoms with E-state index in [1.807, 2.05) is 18.4 Å². The Hall–Kier alpha value is -2.34. The first-order chi connectivity index (χ1) is 9.56. The van der Waals surface area contributed by atoms with Crippen molar-refractivity contribution in [3.05, 3.63) is 51.6 Å². The fourth-order valence-electron chi connectivity index (χ4n) is 1.53. The Morgan fingerprint density at radius 1 is 1.40 bits per heavy atom. The van der Waals surface area contributed by atoms with Crippen molar-refractivity contribution in [2.75, 3.05) is 0 Å². The summed E-state index contributed by atoms with van der Waals surface area (Å²) in [6.07, 6.45) is 3.19. The highest BCUT2D eigenvalue weighted by Crippen LogP contribution is 2.16. The highest BCUT2D eigenvalue weighted by molar-refractivity contribution is 7.11. The molecule has 2 rings (SSSR count). The molecule has 0 aromatic carbocycles. The van der Waals surface area contributed by atoms with E-state index in [9.17, 15) is 9.59 Å². The molecular weight excluding hydrogens is 278 g/mol. The molecule has 1 amide bonds. The molecule has 0 aliphatic carbocycles. The minimum Gasteiger partial charge on any atom is -0.475 e. The van der Waals surface area contributed by atoms with Gasteiger partial charge in [-0.1, -0.05) is 0 Å². The second-order valence-corrected chi connectivity index (χ2v) is 5.04. The quantitative estimate of drug-likeness (QED) is 0.830. The van der Waals surface area contributed by atoms with Gasteiger partial charge in [-0.2, -0.15) is 0 Å². The van der Waals surface area contributed by atoms with Crippen molar-refractivity contribution in [3.8, 4) is 0 Å². The van der Waals surface area contributed by atoms with Gasteiger partial charge in [0.1, 0.15) is 5.76 Å². The molecule has 6 heteroatoms. The summed E-state index contributed by atoms with van der Waals surface area (Å²) in [6.45, 7) is 2.13. The Balaban J connectivity index is 1.87. The van der Waals surface area contributed by atoms with E-state index in [1.165, 1.54) is 18.2 Å². The maximum atomic E-state index is 11.6. The monoisotopic (exact) mass is 291 g/mol. The number of carbonyl (C=O) groups excluding carboxylic acids is 1. The number of aromatic carboxylic acids is 1. The third-order valence-electron chi connectivity index (χ3n) is 2.60. The Morgan fingerprint density at radius 2 is 2.20 bits per heavy atom. The van der Waals surface area contributed by atoms with Crippen LogP contribution in [-0.2, 0) is 11.3 Å². The summed E-state index contributed by atoms with van der Waals surface area (Å²) >= 11 is 1.56. The molecule has 0 aliphatic heterocycles. The van der Waals surface area contributed by atoms with E-state index in [0.717, 1.165) is 10.4 Å². The van der Waals surface area contributed by atoms with Crippen molar-refractivity contribution >= 4 is 29.3 Å². The number of hydrogen-bond acceptors (Lipinski definition) is 4. The molecule has 0 saturated heterocycles. The first kappa shape index (κ1) is 14.1. The number of furan rings is 1. The summed E-state index contributed by atoms with van der Waals surface area (Å²) in [4.78, 5) is 23.3. The number of aryl methyl sites for hydroxylation is 1. The van der Waals surface area contributed by atoms with Gasteiger partial charge in [0.15, 0.2) is 0 Å². The van der Waals surface area contributed by atoms with Crippen molar-refractivity contribution < 1.29 is 19.1 Å². The van der Waals surface area contributed by atoms with Crippen molar-refractivity contribution in [3.63, 3.8) is 0 Å². The molecule has 0 aliphatic rings. The molecule has 104 valence electrons. The van der Waals surface area contributed by atoms with Crippen LogP contribution in [0.4, 0.5) is 0 Å². The zero-order valence-electron chi connectivity index (χ0n) is 10.8. The van der Waals surface area contributed by atoms with Gasteiger partial charge in [0.05, 0.1) is 6.54 Å². The number of hydrogen-bond donors (Lipinski definition) is 2. The maximum Gasteiger partial charge on any atom is 0.371 e. The molecule has 0 saturated carbocycles. The Labute approximate surface area is 119 Å². The predicted octanol–water partition coefficient (Wildman–Crippen LogP) is 2.68. The van der Waals surface area contributed by atoms with Crippen LogP contribution in [-0.4, -0.2) is 17.0 Å². The molecule has 2 N–H and O–H groups in total. The highest BCUT2D eigenvalue weighted by Gasteiger charge is 2.09. The molecule has 0 fully saturated rings. The van der Waals surface area contributed by atoms with Crippen molar-refractivity contribution in [1.82, 2.24) is 5.32 Å². The van der Waals surface area contributed by atoms with E-state index in [0.29, 0.717) is 5.76 Å². The van der Waals surface area contributed by atoms with Crippen LogP contribution in [0.5, 0.6) is 0 Å². The lowest BCUT2D eigenvalue weighted by Crippen LogP contribution is -2.19. The molecule has 0 radical (unpaired) electrons. The van der Waals surface area contributed by atoms with Crippen LogP contribution in [0.25, 0.3) is 6.08 Å². The van der Waals surface area contributed by atoms with Gasteiger partial charge in [-0.05, 0) is 42.1 Å². The second kappa shape index (κ2) is 6.21. The molecule has 2 heterocycles. The largest absolute Gasteiger partial charge is 0.475 e. The number of amides is 1. The smallest absolute Gasteiger partial charge is 0.371 e. The number of nitrogens with one attached hydrogen (secondary N) is 1. The first-order valence-corrected chi connectivity index (χ1v) is 6.76. The number of carbonyl (C=O) groups is 2. The van der Waals surface area contributed by atoms with Crippen LogP contribution in [0.15, 0.2) is 34.1 Å². The third kappa shape index (κ3) is 3.58. The molecule has 0 atom stereocenters. The maximum absolute atomic E-state index is 11.6. The van der Waals surface area contributed by atoms with Crippen molar-refractivity contribution in [2.45, 2.75) is 13.5 Å². The van der Waals surface area contributed by atoms with E-state index in [-0.39, 0.29) is 18.2 Å². The number of thiophene rings is 1. The van der Waals surface area contributed by atoms with Crippen LogP contribution >= 0.6 is 11.3 Å². The zero-order valence-corrected chi connectivity index (χ0v) is 11.6. The molecule has 2 aromatic rings. The van der Waals surface area contributed by atoms with E-state index >= 15 is 0 Å². The molecule has 0 spiro atoms. The lowest BCUT2D eigenvalue weighted by Gasteiger charge is -1.98. The summed E-state index contributed by atoms with van der Waals surface area (Å²) in [5.74, 6) is -1.13. The molecule has 5 nitrogen and oxygen atoms in total. The lowest BCUT2D eigenvalue weighted by atomic mass is 10.3. The SMILES string of the molecule is Cc1ccsc1/C=C/C(=O)NCc1ccc(C(=O)O)o1. The van der Waals surface area contributed by atoms with Gasteiger partial charge in [-0.15, -0.1) is 11.3 Å². The van der Waals surface area contributed by atoms with Crippen LogP contribution in [0, 0.1) is 6.92 Å². The number of rotatable bonds is 5. The Kier molecular flexibility index (Phi) is 4.37.